The van der Waals surface area contributed by atoms with E-state index in [1.54, 1.807) is 29.2 Å². The minimum Gasteiger partial charge on any atom is -0.426 e. The second-order valence-corrected chi connectivity index (χ2v) is 9.33. The second-order valence-electron chi connectivity index (χ2n) is 9.33. The van der Waals surface area contributed by atoms with Crippen molar-refractivity contribution in [3.05, 3.63) is 65.7 Å². The zero-order valence-corrected chi connectivity index (χ0v) is 19.2. The number of anilines is 2. The molecule has 0 saturated carbocycles. The van der Waals surface area contributed by atoms with Gasteiger partial charge in [0.1, 0.15) is 5.75 Å². The SMILES string of the molecule is Cc1cc(C)cc(N2C[C@H](C(=O)Oc3ccc(N4C(=O)[C@H]5CC=CC[C@H]5C4=O)cc3)CC2=O)c1. The van der Waals surface area contributed by atoms with Gasteiger partial charge in [0.2, 0.25) is 17.7 Å². The highest BCUT2D eigenvalue weighted by Crippen LogP contribution is 2.38. The Morgan fingerprint density at radius 2 is 1.44 bits per heavy atom. The van der Waals surface area contributed by atoms with Crippen LogP contribution in [0, 0.1) is 31.6 Å². The number of rotatable bonds is 4. The third-order valence-corrected chi connectivity index (χ3v) is 6.80. The van der Waals surface area contributed by atoms with Gasteiger partial charge in [-0.1, -0.05) is 18.2 Å². The van der Waals surface area contributed by atoms with Gasteiger partial charge in [0, 0.05) is 18.7 Å². The normalized spacial score (nSPS) is 24.1. The average Bonchev–Trinajstić information content (AvgIpc) is 3.32. The van der Waals surface area contributed by atoms with E-state index in [0.717, 1.165) is 16.8 Å². The molecule has 34 heavy (non-hydrogen) atoms. The molecule has 0 aromatic heterocycles. The third kappa shape index (κ3) is 3.91. The lowest BCUT2D eigenvalue weighted by Gasteiger charge is -2.18. The standard InChI is InChI=1S/C27H26N2O5/c1-16-11-17(2)13-20(12-16)28-15-18(14-24(28)30)27(33)34-21-9-7-19(8-10-21)29-25(31)22-5-3-4-6-23(22)26(29)32/h3-4,7-13,18,22-23H,5-6,14-15H2,1-2H3/t18-,22-,23+/m1/s1. The van der Waals surface area contributed by atoms with Crippen LogP contribution in [-0.4, -0.2) is 30.2 Å². The van der Waals surface area contributed by atoms with Crippen molar-refractivity contribution in [2.24, 2.45) is 17.8 Å². The summed E-state index contributed by atoms with van der Waals surface area (Å²) in [6.07, 6.45) is 5.17. The summed E-state index contributed by atoms with van der Waals surface area (Å²) in [5.41, 5.74) is 3.37. The lowest BCUT2D eigenvalue weighted by molar-refractivity contribution is -0.139. The first kappa shape index (κ1) is 22.1. The van der Waals surface area contributed by atoms with Gasteiger partial charge < -0.3 is 9.64 Å². The fourth-order valence-corrected chi connectivity index (χ4v) is 5.14. The van der Waals surface area contributed by atoms with E-state index in [2.05, 4.69) is 0 Å². The molecule has 0 spiro atoms. The monoisotopic (exact) mass is 458 g/mol. The Kier molecular flexibility index (Phi) is 5.55. The van der Waals surface area contributed by atoms with E-state index in [4.69, 9.17) is 4.74 Å². The van der Waals surface area contributed by atoms with Crippen LogP contribution in [0.15, 0.2) is 54.6 Å². The van der Waals surface area contributed by atoms with Crippen molar-refractivity contribution in [2.45, 2.75) is 33.1 Å². The smallest absolute Gasteiger partial charge is 0.316 e. The quantitative estimate of drug-likeness (QED) is 0.302. The molecule has 2 fully saturated rings. The van der Waals surface area contributed by atoms with Gasteiger partial charge >= 0.3 is 5.97 Å². The number of amides is 3. The van der Waals surface area contributed by atoms with Gasteiger partial charge in [-0.25, -0.2) is 0 Å². The number of allylic oxidation sites excluding steroid dienone is 2. The number of carbonyl (C=O) groups is 4. The molecule has 2 aromatic carbocycles. The molecule has 2 aromatic rings. The zero-order chi connectivity index (χ0) is 24.0. The average molecular weight is 459 g/mol. The van der Waals surface area contributed by atoms with Crippen molar-refractivity contribution < 1.29 is 23.9 Å². The van der Waals surface area contributed by atoms with Crippen LogP contribution in [0.4, 0.5) is 11.4 Å². The first-order valence-corrected chi connectivity index (χ1v) is 11.5. The Balaban J connectivity index is 1.25. The first-order chi connectivity index (χ1) is 16.3. The van der Waals surface area contributed by atoms with Crippen molar-refractivity contribution in [3.63, 3.8) is 0 Å². The lowest BCUT2D eigenvalue weighted by Crippen LogP contribution is -2.30. The third-order valence-electron chi connectivity index (χ3n) is 6.80. The van der Waals surface area contributed by atoms with Crippen LogP contribution in [0.5, 0.6) is 5.75 Å². The molecular formula is C27H26N2O5. The molecule has 2 aliphatic heterocycles. The highest BCUT2D eigenvalue weighted by Gasteiger charge is 2.47. The molecule has 3 atom stereocenters. The summed E-state index contributed by atoms with van der Waals surface area (Å²) in [7, 11) is 0. The highest BCUT2D eigenvalue weighted by molar-refractivity contribution is 6.22. The molecule has 3 amide bonds. The molecule has 3 aliphatic rings. The predicted molar refractivity (Wildman–Crippen MR) is 126 cm³/mol. The molecular weight excluding hydrogens is 432 g/mol. The number of esters is 1. The van der Waals surface area contributed by atoms with Gasteiger partial charge in [-0.15, -0.1) is 0 Å². The van der Waals surface area contributed by atoms with E-state index in [0.29, 0.717) is 24.3 Å². The van der Waals surface area contributed by atoms with Crippen LogP contribution in [0.1, 0.15) is 30.4 Å². The van der Waals surface area contributed by atoms with E-state index < -0.39 is 11.9 Å². The van der Waals surface area contributed by atoms with E-state index in [-0.39, 0.29) is 42.5 Å². The Labute approximate surface area is 198 Å². The maximum atomic E-state index is 12.8. The number of hydrogen-bond acceptors (Lipinski definition) is 5. The van der Waals surface area contributed by atoms with Crippen LogP contribution in [-0.2, 0) is 19.2 Å². The number of imide groups is 1. The molecule has 2 heterocycles. The zero-order valence-electron chi connectivity index (χ0n) is 19.2. The van der Waals surface area contributed by atoms with Gasteiger partial charge in [-0.3, -0.25) is 24.1 Å². The Morgan fingerprint density at radius 1 is 0.853 bits per heavy atom. The molecule has 0 N–H and O–H groups in total. The molecule has 0 radical (unpaired) electrons. The predicted octanol–water partition coefficient (Wildman–Crippen LogP) is 3.72. The lowest BCUT2D eigenvalue weighted by atomic mass is 9.85. The highest BCUT2D eigenvalue weighted by atomic mass is 16.5. The summed E-state index contributed by atoms with van der Waals surface area (Å²) < 4.78 is 5.53. The molecule has 7 heteroatoms. The van der Waals surface area contributed by atoms with Gasteiger partial charge in [0.05, 0.1) is 23.4 Å². The van der Waals surface area contributed by atoms with Crippen LogP contribution in [0.2, 0.25) is 0 Å². The Morgan fingerprint density at radius 3 is 2.03 bits per heavy atom. The number of benzene rings is 2. The second kappa shape index (κ2) is 8.56. The number of aryl methyl sites for hydroxylation is 2. The minimum absolute atomic E-state index is 0.0947. The fraction of sp³-hybridized carbons (Fsp3) is 0.333. The topological polar surface area (TPSA) is 84.0 Å². The molecule has 5 rings (SSSR count). The summed E-state index contributed by atoms with van der Waals surface area (Å²) in [5, 5.41) is 0. The first-order valence-electron chi connectivity index (χ1n) is 11.5. The summed E-state index contributed by atoms with van der Waals surface area (Å²) in [6.45, 7) is 4.22. The minimum atomic E-state index is -0.564. The summed E-state index contributed by atoms with van der Waals surface area (Å²) in [5.74, 6) is -1.79. The van der Waals surface area contributed by atoms with Crippen LogP contribution >= 0.6 is 0 Å². The van der Waals surface area contributed by atoms with Crippen LogP contribution < -0.4 is 14.5 Å². The molecule has 1 aliphatic carbocycles. The van der Waals surface area contributed by atoms with Crippen molar-refractivity contribution >= 4 is 35.1 Å². The Hall–Kier alpha value is -3.74. The van der Waals surface area contributed by atoms with Crippen LogP contribution in [0.25, 0.3) is 0 Å². The molecule has 0 unspecified atom stereocenters. The molecule has 174 valence electrons. The van der Waals surface area contributed by atoms with Gasteiger partial charge in [-0.05, 0) is 74.2 Å². The number of fused-ring (bicyclic) bond motifs is 1. The van der Waals surface area contributed by atoms with E-state index in [1.165, 1.54) is 4.90 Å². The Bertz CT molecular complexity index is 1170. The van der Waals surface area contributed by atoms with Crippen molar-refractivity contribution in [1.29, 1.82) is 0 Å². The number of nitrogens with zero attached hydrogens (tertiary/aromatic N) is 2. The van der Waals surface area contributed by atoms with E-state index in [9.17, 15) is 19.2 Å². The van der Waals surface area contributed by atoms with E-state index in [1.807, 2.05) is 44.2 Å². The summed E-state index contributed by atoms with van der Waals surface area (Å²) >= 11 is 0. The number of hydrogen-bond donors (Lipinski definition) is 0. The molecule has 0 bridgehead atoms. The van der Waals surface area contributed by atoms with Crippen molar-refractivity contribution in [2.75, 3.05) is 16.3 Å². The van der Waals surface area contributed by atoms with Crippen molar-refractivity contribution in [1.82, 2.24) is 0 Å². The fourth-order valence-electron chi connectivity index (χ4n) is 5.14. The number of carbonyl (C=O) groups excluding carboxylic acids is 4. The molecule has 2 saturated heterocycles. The van der Waals surface area contributed by atoms with Crippen LogP contribution in [0.3, 0.4) is 0 Å². The maximum absolute atomic E-state index is 12.8. The summed E-state index contributed by atoms with van der Waals surface area (Å²) in [4.78, 5) is 53.7. The maximum Gasteiger partial charge on any atom is 0.316 e. The van der Waals surface area contributed by atoms with Gasteiger partial charge in [0.15, 0.2) is 0 Å². The number of ether oxygens (including phenoxy) is 1. The van der Waals surface area contributed by atoms with Gasteiger partial charge in [0.25, 0.3) is 0 Å². The van der Waals surface area contributed by atoms with Crippen molar-refractivity contribution in [3.8, 4) is 5.75 Å². The largest absolute Gasteiger partial charge is 0.426 e. The van der Waals surface area contributed by atoms with Gasteiger partial charge in [-0.2, -0.15) is 0 Å². The molecule has 7 nitrogen and oxygen atoms in total. The van der Waals surface area contributed by atoms with E-state index >= 15 is 0 Å². The summed E-state index contributed by atoms with van der Waals surface area (Å²) in [6, 6.07) is 12.3.